The number of rotatable bonds is 5. The molecule has 1 fully saturated rings. The number of halogens is 1. The van der Waals surface area contributed by atoms with Crippen LogP contribution in [0.25, 0.3) is 0 Å². The number of thiophene rings is 1. The van der Waals surface area contributed by atoms with E-state index in [9.17, 15) is 4.39 Å². The van der Waals surface area contributed by atoms with Gasteiger partial charge < -0.3 is 5.32 Å². The highest BCUT2D eigenvalue weighted by atomic mass is 32.1. The molecule has 1 aromatic carbocycles. The number of hydrogen-bond donors (Lipinski definition) is 1. The van der Waals surface area contributed by atoms with Gasteiger partial charge in [-0.3, -0.25) is 4.90 Å². The minimum absolute atomic E-state index is 0.252. The van der Waals surface area contributed by atoms with Crippen molar-refractivity contribution in [1.82, 2.24) is 14.7 Å². The van der Waals surface area contributed by atoms with Crippen molar-refractivity contribution in [2.75, 3.05) is 11.9 Å². The van der Waals surface area contributed by atoms with Gasteiger partial charge in [0.25, 0.3) is 0 Å². The molecule has 3 heterocycles. The Kier molecular flexibility index (Phi) is 4.93. The molecule has 8 heteroatoms. The topological polar surface area (TPSA) is 33.1 Å². The van der Waals surface area contributed by atoms with Crippen LogP contribution in [0.2, 0.25) is 0 Å². The Bertz CT molecular complexity index is 886. The highest BCUT2D eigenvalue weighted by Gasteiger charge is 2.27. The van der Waals surface area contributed by atoms with Crippen molar-refractivity contribution in [3.8, 4) is 0 Å². The molecule has 0 amide bonds. The summed E-state index contributed by atoms with van der Waals surface area (Å²) < 4.78 is 15.6. The molecule has 0 radical (unpaired) electrons. The fourth-order valence-electron chi connectivity index (χ4n) is 3.07. The molecule has 1 N–H and O–H groups in total. The third-order valence-electron chi connectivity index (χ3n) is 4.25. The Morgan fingerprint density at radius 2 is 2.12 bits per heavy atom. The van der Waals surface area contributed by atoms with Crippen molar-refractivity contribution < 1.29 is 4.39 Å². The number of likely N-dealkylation sites (tertiary alicyclic amines) is 1. The van der Waals surface area contributed by atoms with Crippen LogP contribution in [0.4, 0.5) is 15.2 Å². The lowest BCUT2D eigenvalue weighted by Crippen LogP contribution is -2.26. The summed E-state index contributed by atoms with van der Waals surface area (Å²) >= 11 is 8.72. The summed E-state index contributed by atoms with van der Waals surface area (Å²) in [7, 11) is 0. The molecule has 0 aliphatic carbocycles. The van der Waals surface area contributed by atoms with Crippen LogP contribution < -0.4 is 5.32 Å². The second-order valence-corrected chi connectivity index (χ2v) is 8.53. The average Bonchev–Trinajstić information content (AvgIpc) is 3.32. The molecule has 25 heavy (non-hydrogen) atoms. The zero-order valence-electron chi connectivity index (χ0n) is 13.4. The van der Waals surface area contributed by atoms with Crippen LogP contribution in [-0.4, -0.2) is 21.2 Å². The Balaban J connectivity index is 1.49. The van der Waals surface area contributed by atoms with Crippen LogP contribution in [0.15, 0.2) is 41.8 Å². The summed E-state index contributed by atoms with van der Waals surface area (Å²) in [5.74, 6) is -0.252. The second-order valence-electron chi connectivity index (χ2n) is 5.93. The number of nitrogens with one attached hydrogen (secondary N) is 1. The van der Waals surface area contributed by atoms with Crippen molar-refractivity contribution in [2.45, 2.75) is 25.6 Å². The van der Waals surface area contributed by atoms with Crippen molar-refractivity contribution >= 4 is 45.7 Å². The van der Waals surface area contributed by atoms with E-state index in [0.29, 0.717) is 12.7 Å². The minimum atomic E-state index is -0.252. The zero-order valence-corrected chi connectivity index (χ0v) is 15.8. The van der Waals surface area contributed by atoms with E-state index >= 15 is 0 Å². The minimum Gasteiger partial charge on any atom is -0.330 e. The lowest BCUT2D eigenvalue weighted by atomic mass is 10.2. The quantitative estimate of drug-likeness (QED) is 0.588. The van der Waals surface area contributed by atoms with Gasteiger partial charge in [-0.1, -0.05) is 17.4 Å². The van der Waals surface area contributed by atoms with E-state index in [4.69, 9.17) is 12.2 Å². The summed E-state index contributed by atoms with van der Waals surface area (Å²) in [5.41, 5.74) is 0.801. The SMILES string of the molecule is Fc1ccc(Nc2nn(CN3CCCC3c3cccs3)c(=S)s2)cc1. The Morgan fingerprint density at radius 1 is 1.28 bits per heavy atom. The molecule has 4 rings (SSSR count). The summed E-state index contributed by atoms with van der Waals surface area (Å²) in [6.07, 6.45) is 2.37. The van der Waals surface area contributed by atoms with Gasteiger partial charge in [0.05, 0.1) is 6.67 Å². The molecule has 0 saturated carbocycles. The monoisotopic (exact) mass is 392 g/mol. The Hall–Kier alpha value is -1.61. The van der Waals surface area contributed by atoms with E-state index in [2.05, 4.69) is 32.8 Å². The Labute approximate surface area is 158 Å². The zero-order chi connectivity index (χ0) is 17.2. The number of benzene rings is 1. The summed E-state index contributed by atoms with van der Waals surface area (Å²) in [6.45, 7) is 1.76. The van der Waals surface area contributed by atoms with Gasteiger partial charge in [-0.05, 0) is 60.8 Å². The Morgan fingerprint density at radius 3 is 2.88 bits per heavy atom. The van der Waals surface area contributed by atoms with Crippen LogP contribution in [0.5, 0.6) is 0 Å². The van der Waals surface area contributed by atoms with E-state index in [0.717, 1.165) is 21.3 Å². The molecule has 0 spiro atoms. The predicted molar refractivity (Wildman–Crippen MR) is 104 cm³/mol. The number of anilines is 2. The molecule has 1 aliphatic rings. The molecule has 4 nitrogen and oxygen atoms in total. The van der Waals surface area contributed by atoms with Gasteiger partial charge in [0.15, 0.2) is 3.95 Å². The van der Waals surface area contributed by atoms with E-state index in [1.165, 1.54) is 41.2 Å². The van der Waals surface area contributed by atoms with Crippen LogP contribution in [0.1, 0.15) is 23.8 Å². The maximum absolute atomic E-state index is 13.0. The smallest absolute Gasteiger partial charge is 0.209 e. The van der Waals surface area contributed by atoms with Crippen molar-refractivity contribution in [3.63, 3.8) is 0 Å². The predicted octanol–water partition coefficient (Wildman–Crippen LogP) is 5.41. The van der Waals surface area contributed by atoms with Crippen LogP contribution >= 0.6 is 34.9 Å². The van der Waals surface area contributed by atoms with Gasteiger partial charge in [0.2, 0.25) is 5.13 Å². The van der Waals surface area contributed by atoms with E-state index < -0.39 is 0 Å². The molecular formula is C17H17FN4S3. The fourth-order valence-corrected chi connectivity index (χ4v) is 4.98. The van der Waals surface area contributed by atoms with Crippen LogP contribution in [0.3, 0.4) is 0 Å². The molecule has 1 atom stereocenters. The molecule has 2 aromatic heterocycles. The first-order chi connectivity index (χ1) is 12.2. The largest absolute Gasteiger partial charge is 0.330 e. The van der Waals surface area contributed by atoms with Gasteiger partial charge in [-0.2, -0.15) is 0 Å². The number of aromatic nitrogens is 2. The first-order valence-corrected chi connectivity index (χ1v) is 10.2. The van der Waals surface area contributed by atoms with E-state index in [1.807, 2.05) is 16.0 Å². The standard InChI is InChI=1S/C17H17FN4S3/c18-12-5-7-13(8-6-12)19-16-20-22(17(23)25-16)11-21-9-1-3-14(21)15-4-2-10-24-15/h2,4-8,10,14H,1,3,9,11H2,(H,19,20). The van der Waals surface area contributed by atoms with Crippen LogP contribution in [0, 0.1) is 9.77 Å². The molecule has 0 bridgehead atoms. The second kappa shape index (κ2) is 7.33. The maximum Gasteiger partial charge on any atom is 0.209 e. The highest BCUT2D eigenvalue weighted by molar-refractivity contribution is 7.73. The maximum atomic E-state index is 13.0. The number of hydrogen-bond acceptors (Lipinski definition) is 6. The van der Waals surface area contributed by atoms with Gasteiger partial charge in [0, 0.05) is 23.2 Å². The first kappa shape index (κ1) is 16.8. The van der Waals surface area contributed by atoms with Gasteiger partial charge in [0.1, 0.15) is 5.82 Å². The molecule has 1 saturated heterocycles. The molecule has 1 aliphatic heterocycles. The van der Waals surface area contributed by atoms with Crippen molar-refractivity contribution in [3.05, 3.63) is 56.4 Å². The van der Waals surface area contributed by atoms with Gasteiger partial charge in [-0.15, -0.1) is 16.4 Å². The summed E-state index contributed by atoms with van der Waals surface area (Å²) in [6, 6.07) is 11.0. The van der Waals surface area contributed by atoms with Crippen LogP contribution in [-0.2, 0) is 6.67 Å². The lowest BCUT2D eigenvalue weighted by molar-refractivity contribution is 0.193. The third kappa shape index (κ3) is 3.82. The molecular weight excluding hydrogens is 375 g/mol. The average molecular weight is 393 g/mol. The van der Waals surface area contributed by atoms with E-state index in [-0.39, 0.29) is 5.82 Å². The lowest BCUT2D eigenvalue weighted by Gasteiger charge is -2.23. The van der Waals surface area contributed by atoms with Gasteiger partial charge in [-0.25, -0.2) is 9.07 Å². The molecule has 3 aromatic rings. The highest BCUT2D eigenvalue weighted by Crippen LogP contribution is 2.35. The fraction of sp³-hybridized carbons (Fsp3) is 0.294. The van der Waals surface area contributed by atoms with Gasteiger partial charge >= 0.3 is 0 Å². The molecule has 1 unspecified atom stereocenters. The summed E-state index contributed by atoms with van der Waals surface area (Å²) in [4.78, 5) is 3.84. The molecule has 130 valence electrons. The third-order valence-corrected chi connectivity index (χ3v) is 6.45. The number of nitrogens with zero attached hydrogens (tertiary/aromatic N) is 3. The first-order valence-electron chi connectivity index (χ1n) is 8.07. The van der Waals surface area contributed by atoms with Crippen molar-refractivity contribution in [2.24, 2.45) is 0 Å². The summed E-state index contributed by atoms with van der Waals surface area (Å²) in [5, 5.41) is 10.6. The van der Waals surface area contributed by atoms with Crippen molar-refractivity contribution in [1.29, 1.82) is 0 Å². The normalized spacial score (nSPS) is 17.9. The van der Waals surface area contributed by atoms with E-state index in [1.54, 1.807) is 12.1 Å².